The first-order chi connectivity index (χ1) is 9.83. The van der Waals surface area contributed by atoms with Crippen LogP contribution in [0.1, 0.15) is 11.4 Å². The number of aromatic nitrogens is 4. The SMILES string of the molecule is N#CCc1nc2ccccc2n1-c1ncc(CN)cn1. The second kappa shape index (κ2) is 5.07. The molecule has 0 bridgehead atoms. The Morgan fingerprint density at radius 2 is 1.95 bits per heavy atom. The zero-order valence-corrected chi connectivity index (χ0v) is 10.7. The Kier molecular flexibility index (Phi) is 3.11. The van der Waals surface area contributed by atoms with Crippen LogP contribution in [0.2, 0.25) is 0 Å². The van der Waals surface area contributed by atoms with Crippen molar-refractivity contribution < 1.29 is 0 Å². The molecule has 0 amide bonds. The van der Waals surface area contributed by atoms with Crippen LogP contribution in [0.3, 0.4) is 0 Å². The summed E-state index contributed by atoms with van der Waals surface area (Å²) in [5.74, 6) is 1.13. The molecular weight excluding hydrogens is 252 g/mol. The zero-order valence-electron chi connectivity index (χ0n) is 10.7. The molecular formula is C14H12N6. The normalized spacial score (nSPS) is 10.6. The van der Waals surface area contributed by atoms with Crippen molar-refractivity contribution in [3.63, 3.8) is 0 Å². The summed E-state index contributed by atoms with van der Waals surface area (Å²) >= 11 is 0. The molecule has 0 unspecified atom stereocenters. The monoisotopic (exact) mass is 264 g/mol. The summed E-state index contributed by atoms with van der Waals surface area (Å²) in [6, 6.07) is 9.79. The van der Waals surface area contributed by atoms with Gasteiger partial charge in [-0.05, 0) is 12.1 Å². The second-order valence-electron chi connectivity index (χ2n) is 4.28. The number of imidazole rings is 1. The molecule has 0 aliphatic rings. The number of hydrogen-bond acceptors (Lipinski definition) is 5. The molecule has 1 aromatic carbocycles. The number of rotatable bonds is 3. The summed E-state index contributed by atoms with van der Waals surface area (Å²) in [6.07, 6.45) is 3.58. The van der Waals surface area contributed by atoms with Gasteiger partial charge in [-0.25, -0.2) is 15.0 Å². The Hall–Kier alpha value is -2.78. The lowest BCUT2D eigenvalue weighted by Gasteiger charge is -2.05. The van der Waals surface area contributed by atoms with E-state index in [1.807, 2.05) is 24.3 Å². The quantitative estimate of drug-likeness (QED) is 0.770. The molecule has 2 aromatic heterocycles. The van der Waals surface area contributed by atoms with Crippen LogP contribution in [-0.4, -0.2) is 19.5 Å². The van der Waals surface area contributed by atoms with E-state index in [2.05, 4.69) is 21.0 Å². The summed E-state index contributed by atoms with van der Waals surface area (Å²) in [7, 11) is 0. The summed E-state index contributed by atoms with van der Waals surface area (Å²) in [5.41, 5.74) is 8.12. The minimum absolute atomic E-state index is 0.205. The maximum Gasteiger partial charge on any atom is 0.235 e. The molecule has 98 valence electrons. The Balaban J connectivity index is 2.21. The average molecular weight is 264 g/mol. The van der Waals surface area contributed by atoms with Gasteiger partial charge in [-0.3, -0.25) is 4.57 Å². The average Bonchev–Trinajstić information content (AvgIpc) is 2.86. The van der Waals surface area contributed by atoms with Gasteiger partial charge in [0.25, 0.3) is 0 Å². The van der Waals surface area contributed by atoms with E-state index in [1.165, 1.54) is 0 Å². The molecule has 0 fully saturated rings. The van der Waals surface area contributed by atoms with Crippen LogP contribution < -0.4 is 5.73 Å². The first-order valence-corrected chi connectivity index (χ1v) is 6.18. The summed E-state index contributed by atoms with van der Waals surface area (Å²) in [5, 5.41) is 8.94. The molecule has 0 atom stereocenters. The minimum Gasteiger partial charge on any atom is -0.326 e. The fourth-order valence-electron chi connectivity index (χ4n) is 2.06. The molecule has 2 N–H and O–H groups in total. The van der Waals surface area contributed by atoms with Crippen LogP contribution in [0.5, 0.6) is 0 Å². The topological polar surface area (TPSA) is 93.4 Å². The lowest BCUT2D eigenvalue weighted by Crippen LogP contribution is -2.07. The van der Waals surface area contributed by atoms with E-state index < -0.39 is 0 Å². The van der Waals surface area contributed by atoms with Crippen LogP contribution >= 0.6 is 0 Å². The number of nitrogens with two attached hydrogens (primary N) is 1. The zero-order chi connectivity index (χ0) is 13.9. The molecule has 6 heteroatoms. The van der Waals surface area contributed by atoms with Crippen molar-refractivity contribution >= 4 is 11.0 Å². The molecule has 2 heterocycles. The molecule has 0 saturated heterocycles. The smallest absolute Gasteiger partial charge is 0.235 e. The van der Waals surface area contributed by atoms with E-state index in [4.69, 9.17) is 11.0 Å². The summed E-state index contributed by atoms with van der Waals surface area (Å²) in [6.45, 7) is 0.399. The van der Waals surface area contributed by atoms with Gasteiger partial charge in [-0.15, -0.1) is 0 Å². The van der Waals surface area contributed by atoms with Crippen LogP contribution in [0.25, 0.3) is 17.0 Å². The third-order valence-corrected chi connectivity index (χ3v) is 2.99. The van der Waals surface area contributed by atoms with E-state index in [-0.39, 0.29) is 6.42 Å². The van der Waals surface area contributed by atoms with E-state index in [0.717, 1.165) is 16.6 Å². The first kappa shape index (κ1) is 12.3. The number of hydrogen-bond donors (Lipinski definition) is 1. The lowest BCUT2D eigenvalue weighted by atomic mass is 10.3. The highest BCUT2D eigenvalue weighted by molar-refractivity contribution is 5.77. The fourth-order valence-corrected chi connectivity index (χ4v) is 2.06. The molecule has 3 rings (SSSR count). The summed E-state index contributed by atoms with van der Waals surface area (Å²) < 4.78 is 1.80. The van der Waals surface area contributed by atoms with Crippen LogP contribution in [0.4, 0.5) is 0 Å². The molecule has 0 aliphatic carbocycles. The molecule has 3 aromatic rings. The Morgan fingerprint density at radius 1 is 1.20 bits per heavy atom. The molecule has 20 heavy (non-hydrogen) atoms. The predicted octanol–water partition coefficient (Wildman–Crippen LogP) is 1.34. The molecule has 0 spiro atoms. The van der Waals surface area contributed by atoms with E-state index in [9.17, 15) is 0 Å². The van der Waals surface area contributed by atoms with Gasteiger partial charge < -0.3 is 5.73 Å². The van der Waals surface area contributed by atoms with Gasteiger partial charge in [-0.2, -0.15) is 5.26 Å². The van der Waals surface area contributed by atoms with Crippen molar-refractivity contribution in [3.05, 3.63) is 48.0 Å². The van der Waals surface area contributed by atoms with Crippen molar-refractivity contribution in [2.75, 3.05) is 0 Å². The number of benzene rings is 1. The number of para-hydroxylation sites is 2. The van der Waals surface area contributed by atoms with Crippen LogP contribution in [0, 0.1) is 11.3 Å². The van der Waals surface area contributed by atoms with Crippen molar-refractivity contribution in [1.82, 2.24) is 19.5 Å². The number of fused-ring (bicyclic) bond motifs is 1. The van der Waals surface area contributed by atoms with E-state index in [1.54, 1.807) is 17.0 Å². The van der Waals surface area contributed by atoms with Crippen molar-refractivity contribution in [1.29, 1.82) is 5.26 Å². The Labute approximate surface area is 115 Å². The Bertz CT molecular complexity index is 782. The second-order valence-corrected chi connectivity index (χ2v) is 4.28. The molecule has 0 saturated carbocycles. The van der Waals surface area contributed by atoms with Gasteiger partial charge in [0.2, 0.25) is 5.95 Å². The van der Waals surface area contributed by atoms with Crippen molar-refractivity contribution in [3.8, 4) is 12.0 Å². The third kappa shape index (κ3) is 2.00. The fraction of sp³-hybridized carbons (Fsp3) is 0.143. The van der Waals surface area contributed by atoms with Gasteiger partial charge in [-0.1, -0.05) is 12.1 Å². The van der Waals surface area contributed by atoms with Gasteiger partial charge >= 0.3 is 0 Å². The van der Waals surface area contributed by atoms with Crippen molar-refractivity contribution in [2.24, 2.45) is 5.73 Å². The highest BCUT2D eigenvalue weighted by Crippen LogP contribution is 2.19. The van der Waals surface area contributed by atoms with Crippen LogP contribution in [-0.2, 0) is 13.0 Å². The molecule has 0 radical (unpaired) electrons. The summed E-state index contributed by atoms with van der Waals surface area (Å²) in [4.78, 5) is 13.1. The molecule has 6 nitrogen and oxygen atoms in total. The largest absolute Gasteiger partial charge is 0.326 e. The molecule has 0 aliphatic heterocycles. The van der Waals surface area contributed by atoms with Gasteiger partial charge in [0.15, 0.2) is 0 Å². The van der Waals surface area contributed by atoms with Gasteiger partial charge in [0.05, 0.1) is 23.5 Å². The Morgan fingerprint density at radius 3 is 2.65 bits per heavy atom. The maximum atomic E-state index is 8.94. The lowest BCUT2D eigenvalue weighted by molar-refractivity contribution is 0.867. The number of nitrogens with zero attached hydrogens (tertiary/aromatic N) is 5. The third-order valence-electron chi connectivity index (χ3n) is 2.99. The standard InChI is InChI=1S/C14H12N6/c15-6-5-13-19-11-3-1-2-4-12(11)20(13)14-17-8-10(7-16)9-18-14/h1-4,8-9H,5,7,16H2. The van der Waals surface area contributed by atoms with Crippen molar-refractivity contribution in [2.45, 2.75) is 13.0 Å². The van der Waals surface area contributed by atoms with E-state index in [0.29, 0.717) is 18.3 Å². The van der Waals surface area contributed by atoms with Crippen LogP contribution in [0.15, 0.2) is 36.7 Å². The highest BCUT2D eigenvalue weighted by Gasteiger charge is 2.13. The predicted molar refractivity (Wildman–Crippen MR) is 73.9 cm³/mol. The highest BCUT2D eigenvalue weighted by atomic mass is 15.2. The van der Waals surface area contributed by atoms with E-state index >= 15 is 0 Å². The first-order valence-electron chi connectivity index (χ1n) is 6.18. The maximum absolute atomic E-state index is 8.94. The number of nitriles is 1. The van der Waals surface area contributed by atoms with Gasteiger partial charge in [0, 0.05) is 24.5 Å². The van der Waals surface area contributed by atoms with Gasteiger partial charge in [0.1, 0.15) is 5.82 Å². The minimum atomic E-state index is 0.205.